The van der Waals surface area contributed by atoms with Crippen molar-refractivity contribution < 1.29 is 13.9 Å². The smallest absolute Gasteiger partial charge is 0.435 e. The summed E-state index contributed by atoms with van der Waals surface area (Å²) in [5.74, 6) is -0.353. The summed E-state index contributed by atoms with van der Waals surface area (Å²) in [7, 11) is 0. The zero-order valence-electron chi connectivity index (χ0n) is 12.1. The van der Waals surface area contributed by atoms with Gasteiger partial charge in [0.25, 0.3) is 0 Å². The third kappa shape index (κ3) is 4.29. The fourth-order valence-electron chi connectivity index (χ4n) is 1.76. The summed E-state index contributed by atoms with van der Waals surface area (Å²) in [6.07, 6.45) is 2.92. The van der Waals surface area contributed by atoms with Crippen molar-refractivity contribution in [3.8, 4) is 0 Å². The number of halogens is 2. The third-order valence-electron chi connectivity index (χ3n) is 2.62. The van der Waals surface area contributed by atoms with Gasteiger partial charge in [-0.2, -0.15) is 9.78 Å². The Morgan fingerprint density at radius 3 is 2.81 bits per heavy atom. The molecule has 0 atom stereocenters. The highest BCUT2D eigenvalue weighted by molar-refractivity contribution is 6.31. The van der Waals surface area contributed by atoms with Gasteiger partial charge in [-0.3, -0.25) is 0 Å². The molecule has 6 heteroatoms. The molecule has 0 fully saturated rings. The van der Waals surface area contributed by atoms with E-state index in [0.717, 1.165) is 10.2 Å². The fraction of sp³-hybridized carbons (Fsp3) is 0.333. The molecular formula is C15H16ClFN2O2. The van der Waals surface area contributed by atoms with Crippen molar-refractivity contribution in [2.45, 2.75) is 32.8 Å². The Kier molecular flexibility index (Phi) is 4.32. The Labute approximate surface area is 127 Å². The first-order valence-electron chi connectivity index (χ1n) is 6.45. The van der Waals surface area contributed by atoms with Crippen LogP contribution in [0.15, 0.2) is 30.6 Å². The molecule has 0 aliphatic rings. The lowest BCUT2D eigenvalue weighted by Crippen LogP contribution is -2.27. The van der Waals surface area contributed by atoms with E-state index >= 15 is 0 Å². The number of ether oxygens (including phenoxy) is 1. The second kappa shape index (κ2) is 5.85. The zero-order valence-corrected chi connectivity index (χ0v) is 12.8. The molecule has 1 aromatic carbocycles. The van der Waals surface area contributed by atoms with Gasteiger partial charge in [-0.25, -0.2) is 9.18 Å². The second-order valence-electron chi connectivity index (χ2n) is 5.69. The normalized spacial score (nSPS) is 11.5. The van der Waals surface area contributed by atoms with Crippen LogP contribution < -0.4 is 0 Å². The molecule has 112 valence electrons. The predicted octanol–water partition coefficient (Wildman–Crippen LogP) is 4.05. The molecule has 21 heavy (non-hydrogen) atoms. The maximum atomic E-state index is 13.2. The van der Waals surface area contributed by atoms with Crippen molar-refractivity contribution in [3.05, 3.63) is 52.6 Å². The Morgan fingerprint density at radius 1 is 1.43 bits per heavy atom. The summed E-state index contributed by atoms with van der Waals surface area (Å²) >= 11 is 6.02. The molecule has 2 aromatic rings. The maximum Gasteiger partial charge on any atom is 0.435 e. The highest BCUT2D eigenvalue weighted by Gasteiger charge is 2.18. The van der Waals surface area contributed by atoms with Crippen LogP contribution in [0.25, 0.3) is 0 Å². The van der Waals surface area contributed by atoms with E-state index in [2.05, 4.69) is 5.10 Å². The Bertz CT molecular complexity index is 662. The number of carbonyl (C=O) groups excluding carboxylic acids is 1. The van der Waals surface area contributed by atoms with Crippen LogP contribution in [0.1, 0.15) is 31.9 Å². The van der Waals surface area contributed by atoms with Gasteiger partial charge in [0.1, 0.15) is 11.4 Å². The molecule has 0 spiro atoms. The largest absolute Gasteiger partial charge is 0.442 e. The summed E-state index contributed by atoms with van der Waals surface area (Å²) in [4.78, 5) is 11.8. The molecule has 0 aliphatic heterocycles. The van der Waals surface area contributed by atoms with Gasteiger partial charge in [0.2, 0.25) is 0 Å². The average molecular weight is 311 g/mol. The first-order valence-corrected chi connectivity index (χ1v) is 6.83. The van der Waals surface area contributed by atoms with Crippen molar-refractivity contribution in [2.75, 3.05) is 0 Å². The molecule has 0 bridgehead atoms. The van der Waals surface area contributed by atoms with E-state index in [-0.39, 0.29) is 5.82 Å². The number of aromatic nitrogens is 2. The van der Waals surface area contributed by atoms with Crippen molar-refractivity contribution in [2.24, 2.45) is 0 Å². The van der Waals surface area contributed by atoms with Crippen LogP contribution in [0, 0.1) is 5.82 Å². The summed E-state index contributed by atoms with van der Waals surface area (Å²) in [5, 5.41) is 4.43. The molecule has 1 aromatic heterocycles. The lowest BCUT2D eigenvalue weighted by atomic mass is 10.1. The third-order valence-corrected chi connectivity index (χ3v) is 2.99. The van der Waals surface area contributed by atoms with Crippen molar-refractivity contribution >= 4 is 17.7 Å². The highest BCUT2D eigenvalue weighted by Crippen LogP contribution is 2.20. The van der Waals surface area contributed by atoms with Gasteiger partial charge in [0, 0.05) is 17.6 Å². The van der Waals surface area contributed by atoms with Crippen molar-refractivity contribution in [1.29, 1.82) is 0 Å². The first kappa shape index (κ1) is 15.5. The van der Waals surface area contributed by atoms with Crippen LogP contribution in [0.5, 0.6) is 0 Å². The Balaban J connectivity index is 2.13. The monoisotopic (exact) mass is 310 g/mol. The number of hydrogen-bond donors (Lipinski definition) is 0. The van der Waals surface area contributed by atoms with Crippen LogP contribution in [-0.2, 0) is 11.2 Å². The second-order valence-corrected chi connectivity index (χ2v) is 6.09. The molecule has 1 heterocycles. The molecule has 0 unspecified atom stereocenters. The van der Waals surface area contributed by atoms with E-state index in [0.29, 0.717) is 17.0 Å². The molecule has 2 rings (SSSR count). The van der Waals surface area contributed by atoms with E-state index in [4.69, 9.17) is 16.3 Å². The minimum atomic E-state index is -0.588. The molecule has 0 N–H and O–H groups in total. The molecule has 0 saturated carbocycles. The summed E-state index contributed by atoms with van der Waals surface area (Å²) in [6, 6.07) is 4.17. The zero-order chi connectivity index (χ0) is 15.6. The fourth-order valence-corrected chi connectivity index (χ4v) is 1.94. The van der Waals surface area contributed by atoms with E-state index in [1.165, 1.54) is 24.4 Å². The molecule has 4 nitrogen and oxygen atoms in total. The summed E-state index contributed by atoms with van der Waals surface area (Å²) in [5.41, 5.74) is 0.795. The van der Waals surface area contributed by atoms with E-state index in [9.17, 15) is 9.18 Å². The molecule has 0 radical (unpaired) electrons. The molecule has 0 amide bonds. The number of carbonyl (C=O) groups is 1. The number of benzene rings is 1. The van der Waals surface area contributed by atoms with Crippen LogP contribution in [-0.4, -0.2) is 21.5 Å². The van der Waals surface area contributed by atoms with Gasteiger partial charge in [-0.05, 0) is 50.1 Å². The van der Waals surface area contributed by atoms with Gasteiger partial charge in [-0.15, -0.1) is 0 Å². The number of hydrogen-bond acceptors (Lipinski definition) is 3. The Hall–Kier alpha value is -1.88. The minimum absolute atomic E-state index is 0.353. The van der Waals surface area contributed by atoms with E-state index < -0.39 is 11.7 Å². The Morgan fingerprint density at radius 2 is 2.14 bits per heavy atom. The van der Waals surface area contributed by atoms with E-state index in [1.54, 1.807) is 27.0 Å². The standard InChI is InChI=1S/C15H16ClFN2O2/c1-15(2,3)21-14(20)19-9-10(8-18-19)6-11-7-12(17)4-5-13(11)16/h4-5,7-9H,6H2,1-3H3. The lowest BCUT2D eigenvalue weighted by molar-refractivity contribution is 0.0514. The van der Waals surface area contributed by atoms with Crippen molar-refractivity contribution in [3.63, 3.8) is 0 Å². The predicted molar refractivity (Wildman–Crippen MR) is 78.1 cm³/mol. The van der Waals surface area contributed by atoms with Gasteiger partial charge >= 0.3 is 6.09 Å². The lowest BCUT2D eigenvalue weighted by Gasteiger charge is -2.18. The molecular weight excluding hydrogens is 295 g/mol. The minimum Gasteiger partial charge on any atom is -0.442 e. The van der Waals surface area contributed by atoms with Crippen LogP contribution in [0.2, 0.25) is 5.02 Å². The van der Waals surface area contributed by atoms with Crippen LogP contribution in [0.4, 0.5) is 9.18 Å². The maximum absolute atomic E-state index is 13.2. The number of rotatable bonds is 2. The van der Waals surface area contributed by atoms with Crippen LogP contribution >= 0.6 is 11.6 Å². The number of nitrogens with zero attached hydrogens (tertiary/aromatic N) is 2. The van der Waals surface area contributed by atoms with Gasteiger partial charge in [-0.1, -0.05) is 11.6 Å². The van der Waals surface area contributed by atoms with Crippen molar-refractivity contribution in [1.82, 2.24) is 9.78 Å². The molecule has 0 aliphatic carbocycles. The molecule has 0 saturated heterocycles. The SMILES string of the molecule is CC(C)(C)OC(=O)n1cc(Cc2cc(F)ccc2Cl)cn1. The summed E-state index contributed by atoms with van der Waals surface area (Å²) < 4.78 is 19.5. The van der Waals surface area contributed by atoms with Gasteiger partial charge < -0.3 is 4.74 Å². The average Bonchev–Trinajstić information content (AvgIpc) is 2.80. The van der Waals surface area contributed by atoms with Gasteiger partial charge in [0.05, 0.1) is 6.20 Å². The van der Waals surface area contributed by atoms with Gasteiger partial charge in [0.15, 0.2) is 0 Å². The quantitative estimate of drug-likeness (QED) is 0.840. The van der Waals surface area contributed by atoms with E-state index in [1.807, 2.05) is 0 Å². The van der Waals surface area contributed by atoms with Crippen LogP contribution in [0.3, 0.4) is 0 Å². The topological polar surface area (TPSA) is 44.1 Å². The summed E-state index contributed by atoms with van der Waals surface area (Å²) in [6.45, 7) is 5.34. The highest BCUT2D eigenvalue weighted by atomic mass is 35.5. The first-order chi connectivity index (χ1) is 9.74.